The largest absolute Gasteiger partial charge is 0.468 e. The molecule has 2 amide bonds. The molecule has 0 aliphatic heterocycles. The van der Waals surface area contributed by atoms with Crippen LogP contribution in [0.5, 0.6) is 5.88 Å². The van der Waals surface area contributed by atoms with Crippen LogP contribution in [0.1, 0.15) is 41.2 Å². The van der Waals surface area contributed by atoms with Gasteiger partial charge in [-0.05, 0) is 31.5 Å². The van der Waals surface area contributed by atoms with Gasteiger partial charge in [-0.3, -0.25) is 9.59 Å². The lowest BCUT2D eigenvalue weighted by molar-refractivity contribution is -0.154. The monoisotopic (exact) mass is 424 g/mol. The van der Waals surface area contributed by atoms with Gasteiger partial charge in [0.25, 0.3) is 5.91 Å². The predicted octanol–water partition coefficient (Wildman–Crippen LogP) is 3.56. The molecule has 2 aromatic heterocycles. The number of amides is 2. The summed E-state index contributed by atoms with van der Waals surface area (Å²) < 4.78 is 41.6. The van der Waals surface area contributed by atoms with Gasteiger partial charge in [0, 0.05) is 23.2 Å². The molecular weight excluding hydrogens is 401 g/mol. The summed E-state index contributed by atoms with van der Waals surface area (Å²) in [4.78, 5) is 32.6. The van der Waals surface area contributed by atoms with Crippen LogP contribution < -0.4 is 15.4 Å². The van der Waals surface area contributed by atoms with Gasteiger partial charge in [0.15, 0.2) is 6.61 Å². The van der Waals surface area contributed by atoms with Crippen molar-refractivity contribution in [3.05, 3.63) is 46.8 Å². The third-order valence-electron chi connectivity index (χ3n) is 3.97. The van der Waals surface area contributed by atoms with E-state index in [1.54, 1.807) is 39.8 Å². The lowest BCUT2D eigenvalue weighted by Crippen LogP contribution is -2.25. The molecule has 162 valence electrons. The zero-order valence-corrected chi connectivity index (χ0v) is 17.1. The standard InChI is InChI=1S/C20H23F3N4O3/c1-11(2)18(28)27-16-8-14(7-13(4)25-16)19(29)24-9-15-12(3)5-6-17(26-15)30-10-20(21,22)23/h5-8,11H,9-10H2,1-4H3,(H,24,29)(H,25,27,28). The summed E-state index contributed by atoms with van der Waals surface area (Å²) in [6, 6.07) is 5.91. The Morgan fingerprint density at radius 2 is 1.83 bits per heavy atom. The van der Waals surface area contributed by atoms with E-state index in [1.165, 1.54) is 12.1 Å². The number of ether oxygens (including phenoxy) is 1. The van der Waals surface area contributed by atoms with Crippen LogP contribution >= 0.6 is 0 Å². The molecule has 30 heavy (non-hydrogen) atoms. The highest BCUT2D eigenvalue weighted by molar-refractivity contribution is 5.97. The summed E-state index contributed by atoms with van der Waals surface area (Å²) >= 11 is 0. The third-order valence-corrected chi connectivity index (χ3v) is 3.97. The molecule has 0 spiro atoms. The van der Waals surface area contributed by atoms with Crippen LogP contribution in [-0.2, 0) is 11.3 Å². The summed E-state index contributed by atoms with van der Waals surface area (Å²) in [5, 5.41) is 5.31. The molecule has 0 saturated heterocycles. The van der Waals surface area contributed by atoms with Crippen LogP contribution in [0, 0.1) is 19.8 Å². The maximum absolute atomic E-state index is 12.5. The summed E-state index contributed by atoms with van der Waals surface area (Å²) in [7, 11) is 0. The average Bonchev–Trinajstić information content (AvgIpc) is 2.64. The second-order valence-corrected chi connectivity index (χ2v) is 7.03. The molecule has 0 radical (unpaired) electrons. The maximum Gasteiger partial charge on any atom is 0.422 e. The predicted molar refractivity (Wildman–Crippen MR) is 104 cm³/mol. The SMILES string of the molecule is Cc1cc(C(=O)NCc2nc(OCC(F)(F)F)ccc2C)cc(NC(=O)C(C)C)n1. The molecule has 0 bridgehead atoms. The van der Waals surface area contributed by atoms with E-state index in [9.17, 15) is 22.8 Å². The van der Waals surface area contributed by atoms with E-state index in [2.05, 4.69) is 25.3 Å². The van der Waals surface area contributed by atoms with E-state index >= 15 is 0 Å². The van der Waals surface area contributed by atoms with Gasteiger partial charge in [0.2, 0.25) is 11.8 Å². The van der Waals surface area contributed by atoms with Gasteiger partial charge in [-0.25, -0.2) is 9.97 Å². The van der Waals surface area contributed by atoms with Crippen molar-refractivity contribution in [3.63, 3.8) is 0 Å². The van der Waals surface area contributed by atoms with Crippen molar-refractivity contribution in [2.75, 3.05) is 11.9 Å². The highest BCUT2D eigenvalue weighted by atomic mass is 19.4. The van der Waals surface area contributed by atoms with E-state index in [0.717, 1.165) is 0 Å². The molecule has 7 nitrogen and oxygen atoms in total. The van der Waals surface area contributed by atoms with Crippen LogP contribution in [0.25, 0.3) is 0 Å². The summed E-state index contributed by atoms with van der Waals surface area (Å²) in [5.41, 5.74) is 1.88. The van der Waals surface area contributed by atoms with Crippen molar-refractivity contribution >= 4 is 17.6 Å². The highest BCUT2D eigenvalue weighted by Gasteiger charge is 2.28. The minimum atomic E-state index is -4.47. The smallest absolute Gasteiger partial charge is 0.422 e. The van der Waals surface area contributed by atoms with E-state index in [1.807, 2.05) is 0 Å². The lowest BCUT2D eigenvalue weighted by atomic mass is 10.1. The first-order valence-corrected chi connectivity index (χ1v) is 9.18. The number of hydrogen-bond acceptors (Lipinski definition) is 5. The van der Waals surface area contributed by atoms with Crippen molar-refractivity contribution < 1.29 is 27.5 Å². The van der Waals surface area contributed by atoms with E-state index in [0.29, 0.717) is 17.0 Å². The Morgan fingerprint density at radius 3 is 2.47 bits per heavy atom. The minimum absolute atomic E-state index is 0.0110. The second-order valence-electron chi connectivity index (χ2n) is 7.03. The van der Waals surface area contributed by atoms with E-state index < -0.39 is 18.7 Å². The second kappa shape index (κ2) is 9.55. The quantitative estimate of drug-likeness (QED) is 0.709. The number of hydrogen-bond donors (Lipinski definition) is 2. The fourth-order valence-corrected chi connectivity index (χ4v) is 2.37. The van der Waals surface area contributed by atoms with Crippen LogP contribution in [-0.4, -0.2) is 34.6 Å². The van der Waals surface area contributed by atoms with Crippen molar-refractivity contribution in [2.45, 2.75) is 40.4 Å². The summed E-state index contributed by atoms with van der Waals surface area (Å²) in [6.07, 6.45) is -4.47. The van der Waals surface area contributed by atoms with Gasteiger partial charge in [0.1, 0.15) is 5.82 Å². The van der Waals surface area contributed by atoms with Crippen molar-refractivity contribution in [2.24, 2.45) is 5.92 Å². The van der Waals surface area contributed by atoms with Crippen LogP contribution in [0.15, 0.2) is 24.3 Å². The molecule has 0 aliphatic carbocycles. The molecule has 0 saturated carbocycles. The van der Waals surface area contributed by atoms with E-state index in [-0.39, 0.29) is 35.6 Å². The molecule has 2 heterocycles. The average molecular weight is 424 g/mol. The van der Waals surface area contributed by atoms with Gasteiger partial charge in [0.05, 0.1) is 12.2 Å². The fourth-order valence-electron chi connectivity index (χ4n) is 2.37. The van der Waals surface area contributed by atoms with Crippen LogP contribution in [0.4, 0.5) is 19.0 Å². The topological polar surface area (TPSA) is 93.2 Å². The van der Waals surface area contributed by atoms with Gasteiger partial charge < -0.3 is 15.4 Å². The molecule has 0 fully saturated rings. The first kappa shape index (κ1) is 23.1. The number of rotatable bonds is 7. The Labute approximate surface area is 172 Å². The number of nitrogens with one attached hydrogen (secondary N) is 2. The molecule has 0 unspecified atom stereocenters. The van der Waals surface area contributed by atoms with Crippen molar-refractivity contribution in [3.8, 4) is 5.88 Å². The Balaban J connectivity index is 2.08. The number of anilines is 1. The zero-order valence-electron chi connectivity index (χ0n) is 17.1. The first-order chi connectivity index (χ1) is 13.9. The molecule has 2 aromatic rings. The van der Waals surface area contributed by atoms with Crippen LogP contribution in [0.2, 0.25) is 0 Å². The number of aryl methyl sites for hydroxylation is 2. The normalized spacial score (nSPS) is 11.3. The Kier molecular flexibility index (Phi) is 7.36. The third kappa shape index (κ3) is 7.02. The Hall–Kier alpha value is -3.17. The number of halogens is 3. The first-order valence-electron chi connectivity index (χ1n) is 9.18. The van der Waals surface area contributed by atoms with Gasteiger partial charge >= 0.3 is 6.18 Å². The number of carbonyl (C=O) groups excluding carboxylic acids is 2. The van der Waals surface area contributed by atoms with Gasteiger partial charge in [-0.1, -0.05) is 19.9 Å². The number of nitrogens with zero attached hydrogens (tertiary/aromatic N) is 2. The zero-order chi connectivity index (χ0) is 22.5. The molecule has 0 aromatic carbocycles. The number of aromatic nitrogens is 2. The molecule has 2 rings (SSSR count). The minimum Gasteiger partial charge on any atom is -0.468 e. The van der Waals surface area contributed by atoms with Crippen LogP contribution in [0.3, 0.4) is 0 Å². The van der Waals surface area contributed by atoms with Crippen molar-refractivity contribution in [1.29, 1.82) is 0 Å². The molecule has 10 heteroatoms. The molecule has 2 N–H and O–H groups in total. The summed E-state index contributed by atoms with van der Waals surface area (Å²) in [5.74, 6) is -0.833. The molecule has 0 aliphatic rings. The van der Waals surface area contributed by atoms with Gasteiger partial charge in [-0.15, -0.1) is 0 Å². The summed E-state index contributed by atoms with van der Waals surface area (Å²) in [6.45, 7) is 5.42. The fraction of sp³-hybridized carbons (Fsp3) is 0.400. The lowest BCUT2D eigenvalue weighted by Gasteiger charge is -2.12. The maximum atomic E-state index is 12.5. The highest BCUT2D eigenvalue weighted by Crippen LogP contribution is 2.19. The van der Waals surface area contributed by atoms with E-state index in [4.69, 9.17) is 0 Å². The Morgan fingerprint density at radius 1 is 1.13 bits per heavy atom. The molecule has 0 atom stereocenters. The van der Waals surface area contributed by atoms with Crippen molar-refractivity contribution in [1.82, 2.24) is 15.3 Å². The van der Waals surface area contributed by atoms with Gasteiger partial charge in [-0.2, -0.15) is 13.2 Å². The Bertz CT molecular complexity index is 930. The number of alkyl halides is 3. The number of carbonyl (C=O) groups is 2. The molecular formula is C20H23F3N4O3. The number of pyridine rings is 2.